The Kier molecular flexibility index (Phi) is 3.99. The third kappa shape index (κ3) is 2.69. The molecular weight excluding hydrogens is 322 g/mol. The van der Waals surface area contributed by atoms with Crippen molar-refractivity contribution in [2.24, 2.45) is 35.3 Å². The zero-order chi connectivity index (χ0) is 17.1. The molecule has 0 aromatic rings. The van der Waals surface area contributed by atoms with E-state index in [1.54, 1.807) is 0 Å². The van der Waals surface area contributed by atoms with Crippen molar-refractivity contribution >= 4 is 5.78 Å². The lowest BCUT2D eigenvalue weighted by molar-refractivity contribution is -0.680. The van der Waals surface area contributed by atoms with E-state index in [4.69, 9.17) is 25.3 Å². The summed E-state index contributed by atoms with van der Waals surface area (Å²) in [6, 6.07) is 0. The zero-order valence-corrected chi connectivity index (χ0v) is 14.8. The van der Waals surface area contributed by atoms with Gasteiger partial charge in [-0.05, 0) is 62.7 Å². The maximum absolute atomic E-state index is 11.6. The first-order valence-corrected chi connectivity index (χ1v) is 10.1. The Hall–Kier alpha value is -0.530. The fraction of sp³-hybridized carbons (Fsp3) is 0.947. The maximum Gasteiger partial charge on any atom is 0.239 e. The van der Waals surface area contributed by atoms with Gasteiger partial charge in [-0.25, -0.2) is 0 Å². The van der Waals surface area contributed by atoms with E-state index in [-0.39, 0.29) is 12.3 Å². The highest BCUT2D eigenvalue weighted by Crippen LogP contribution is 2.61. The third-order valence-corrected chi connectivity index (χ3v) is 7.53. The number of carbonyl (C=O) groups excluding carboxylic acids is 1. The van der Waals surface area contributed by atoms with Gasteiger partial charge in [-0.1, -0.05) is 0 Å². The summed E-state index contributed by atoms with van der Waals surface area (Å²) in [6.07, 6.45) is 9.81. The minimum absolute atomic E-state index is 0.131. The summed E-state index contributed by atoms with van der Waals surface area (Å²) in [5, 5.41) is 0. The quantitative estimate of drug-likeness (QED) is 0.788. The van der Waals surface area contributed by atoms with Gasteiger partial charge in [-0.3, -0.25) is 4.79 Å². The second-order valence-electron chi connectivity index (χ2n) is 9.16. The summed E-state index contributed by atoms with van der Waals surface area (Å²) in [4.78, 5) is 35.5. The van der Waals surface area contributed by atoms with E-state index in [2.05, 4.69) is 0 Å². The van der Waals surface area contributed by atoms with E-state index < -0.39 is 11.6 Å². The number of Topliss-reactive ketones (excluding diaryl/α,β-unsaturated/α-hetero) is 1. The van der Waals surface area contributed by atoms with Gasteiger partial charge in [0.05, 0.1) is 6.54 Å². The van der Waals surface area contributed by atoms with Crippen molar-refractivity contribution < 1.29 is 24.3 Å². The van der Waals surface area contributed by atoms with Crippen LogP contribution in [0.3, 0.4) is 0 Å². The predicted molar refractivity (Wildman–Crippen MR) is 87.5 cm³/mol. The Morgan fingerprint density at radius 2 is 1.44 bits per heavy atom. The average Bonchev–Trinajstić information content (AvgIpc) is 2.63. The molecule has 2 spiro atoms. The van der Waals surface area contributed by atoms with Gasteiger partial charge in [0.15, 0.2) is 0 Å². The normalized spacial score (nSPS) is 51.3. The molecule has 2 N–H and O–H groups in total. The number of carbonyl (C=O) groups is 1. The van der Waals surface area contributed by atoms with Crippen LogP contribution in [0.2, 0.25) is 0 Å². The summed E-state index contributed by atoms with van der Waals surface area (Å²) in [6.45, 7) is 0.133. The minimum Gasteiger partial charge on any atom is -0.324 e. The van der Waals surface area contributed by atoms with Gasteiger partial charge in [0, 0.05) is 31.1 Å². The van der Waals surface area contributed by atoms with Gasteiger partial charge in [-0.2, -0.15) is 19.6 Å². The van der Waals surface area contributed by atoms with Gasteiger partial charge in [0.1, 0.15) is 5.78 Å². The van der Waals surface area contributed by atoms with Crippen LogP contribution in [0.1, 0.15) is 64.2 Å². The SMILES string of the molecule is NCC(=O)CC1CCC2(CC1)OOC1(OO2)C2CC3CC(C2)CC1C3. The lowest BCUT2D eigenvalue weighted by Crippen LogP contribution is -2.64. The summed E-state index contributed by atoms with van der Waals surface area (Å²) in [5.41, 5.74) is 5.42. The lowest BCUT2D eigenvalue weighted by Gasteiger charge is -2.60. The molecule has 6 fully saturated rings. The van der Waals surface area contributed by atoms with Gasteiger partial charge in [0.25, 0.3) is 0 Å². The molecule has 140 valence electrons. The molecule has 5 aliphatic carbocycles. The highest BCUT2D eigenvalue weighted by atomic mass is 17.4. The highest BCUT2D eigenvalue weighted by molar-refractivity contribution is 5.80. The molecule has 6 rings (SSSR count). The number of nitrogens with two attached hydrogens (primary N) is 1. The molecule has 1 heterocycles. The minimum atomic E-state index is -0.790. The number of hydrogen-bond donors (Lipinski definition) is 1. The van der Waals surface area contributed by atoms with E-state index in [0.29, 0.717) is 37.0 Å². The predicted octanol–water partition coefficient (Wildman–Crippen LogP) is 2.85. The molecule has 1 aliphatic heterocycles. The Labute approximate surface area is 148 Å². The van der Waals surface area contributed by atoms with Crippen molar-refractivity contribution in [1.82, 2.24) is 0 Å². The van der Waals surface area contributed by atoms with Crippen molar-refractivity contribution in [2.45, 2.75) is 75.8 Å². The van der Waals surface area contributed by atoms with Crippen molar-refractivity contribution in [2.75, 3.05) is 6.54 Å². The molecule has 0 aromatic heterocycles. The smallest absolute Gasteiger partial charge is 0.239 e. The van der Waals surface area contributed by atoms with Crippen LogP contribution < -0.4 is 5.73 Å². The molecule has 6 nitrogen and oxygen atoms in total. The first-order chi connectivity index (χ1) is 12.1. The van der Waals surface area contributed by atoms with Crippen molar-refractivity contribution in [3.8, 4) is 0 Å². The van der Waals surface area contributed by atoms with Crippen molar-refractivity contribution in [3.63, 3.8) is 0 Å². The van der Waals surface area contributed by atoms with E-state index in [1.165, 1.54) is 32.1 Å². The summed E-state index contributed by atoms with van der Waals surface area (Å²) >= 11 is 0. The van der Waals surface area contributed by atoms with E-state index >= 15 is 0 Å². The van der Waals surface area contributed by atoms with Crippen LogP contribution >= 0.6 is 0 Å². The van der Waals surface area contributed by atoms with E-state index in [9.17, 15) is 4.79 Å². The maximum atomic E-state index is 11.6. The monoisotopic (exact) mass is 351 g/mol. The molecule has 0 radical (unpaired) electrons. The Bertz CT molecular complexity index is 502. The molecule has 0 unspecified atom stereocenters. The van der Waals surface area contributed by atoms with Crippen LogP contribution in [0, 0.1) is 29.6 Å². The Morgan fingerprint density at radius 3 is 1.96 bits per heavy atom. The lowest BCUT2D eigenvalue weighted by atomic mass is 9.53. The molecule has 1 saturated heterocycles. The van der Waals surface area contributed by atoms with Gasteiger partial charge in [-0.15, -0.1) is 0 Å². The van der Waals surface area contributed by atoms with Crippen molar-refractivity contribution in [3.05, 3.63) is 0 Å². The molecule has 0 atom stereocenters. The van der Waals surface area contributed by atoms with Gasteiger partial charge < -0.3 is 5.73 Å². The summed E-state index contributed by atoms with van der Waals surface area (Å²) in [5.74, 6) is 1.52. The fourth-order valence-corrected chi connectivity index (χ4v) is 6.32. The molecular formula is C19H29NO5. The van der Waals surface area contributed by atoms with Crippen LogP contribution in [-0.2, 0) is 24.3 Å². The molecule has 25 heavy (non-hydrogen) atoms. The number of hydrogen-bond acceptors (Lipinski definition) is 6. The molecule has 6 aliphatic rings. The van der Waals surface area contributed by atoms with E-state index in [1.807, 2.05) is 0 Å². The molecule has 0 aromatic carbocycles. The highest BCUT2D eigenvalue weighted by Gasteiger charge is 2.64. The first kappa shape index (κ1) is 16.6. The van der Waals surface area contributed by atoms with Crippen LogP contribution in [0.15, 0.2) is 0 Å². The number of ketones is 1. The standard InChI is InChI=1S/C19H29NO5/c20-11-17(21)10-12-1-3-18(4-2-12)22-24-19(25-23-18)15-6-13-5-14(8-15)9-16(19)7-13/h12-16H,1-11,20H2. The number of rotatable bonds is 3. The molecule has 4 bridgehead atoms. The molecule has 6 heteroatoms. The Balaban J connectivity index is 1.22. The van der Waals surface area contributed by atoms with Gasteiger partial charge >= 0.3 is 0 Å². The van der Waals surface area contributed by atoms with E-state index in [0.717, 1.165) is 24.7 Å². The van der Waals surface area contributed by atoms with Crippen LogP contribution in [0.25, 0.3) is 0 Å². The van der Waals surface area contributed by atoms with Crippen LogP contribution in [-0.4, -0.2) is 23.9 Å². The second kappa shape index (κ2) is 5.99. The largest absolute Gasteiger partial charge is 0.324 e. The fourth-order valence-electron chi connectivity index (χ4n) is 6.32. The van der Waals surface area contributed by atoms with Gasteiger partial charge in [0.2, 0.25) is 11.6 Å². The first-order valence-electron chi connectivity index (χ1n) is 10.1. The second-order valence-corrected chi connectivity index (χ2v) is 9.16. The van der Waals surface area contributed by atoms with Crippen molar-refractivity contribution in [1.29, 1.82) is 0 Å². The average molecular weight is 351 g/mol. The summed E-state index contributed by atoms with van der Waals surface area (Å²) in [7, 11) is 0. The third-order valence-electron chi connectivity index (χ3n) is 7.53. The zero-order valence-electron chi connectivity index (χ0n) is 14.8. The Morgan fingerprint density at radius 1 is 0.880 bits per heavy atom. The topological polar surface area (TPSA) is 80.0 Å². The van der Waals surface area contributed by atoms with Crippen LogP contribution in [0.4, 0.5) is 0 Å². The molecule has 5 saturated carbocycles. The van der Waals surface area contributed by atoms with Crippen LogP contribution in [0.5, 0.6) is 0 Å². The molecule has 0 amide bonds. The summed E-state index contributed by atoms with van der Waals surface area (Å²) < 4.78 is 0.